The molecule has 1 aromatic heterocycles. The zero-order chi connectivity index (χ0) is 38.3. The predicted molar refractivity (Wildman–Crippen MR) is 183 cm³/mol. The van der Waals surface area contributed by atoms with E-state index in [1.807, 2.05) is 0 Å². The number of carboxylic acids is 1. The minimum atomic E-state index is -4.85. The van der Waals surface area contributed by atoms with Gasteiger partial charge in [0, 0.05) is 42.0 Å². The van der Waals surface area contributed by atoms with Crippen molar-refractivity contribution >= 4 is 11.9 Å². The highest BCUT2D eigenvalue weighted by molar-refractivity contribution is 5.83. The van der Waals surface area contributed by atoms with Crippen molar-refractivity contribution in [2.45, 2.75) is 84.5 Å². The quantitative estimate of drug-likeness (QED) is 0.149. The van der Waals surface area contributed by atoms with Gasteiger partial charge in [-0.2, -0.15) is 13.2 Å². The van der Waals surface area contributed by atoms with Gasteiger partial charge in [-0.15, -0.1) is 6.42 Å². The highest BCUT2D eigenvalue weighted by atomic mass is 19.4. The van der Waals surface area contributed by atoms with Crippen LogP contribution >= 0.6 is 0 Å². The first-order chi connectivity index (χ1) is 24.3. The third-order valence-electron chi connectivity index (χ3n) is 10.2. The van der Waals surface area contributed by atoms with Gasteiger partial charge < -0.3 is 19.9 Å². The third-order valence-corrected chi connectivity index (χ3v) is 10.2. The number of terminal acetylenes is 1. The van der Waals surface area contributed by atoms with E-state index < -0.39 is 70.7 Å². The van der Waals surface area contributed by atoms with Crippen LogP contribution in [0.5, 0.6) is 0 Å². The Hall–Kier alpha value is -4.57. The van der Waals surface area contributed by atoms with Crippen molar-refractivity contribution in [3.8, 4) is 23.5 Å². The Bertz CT molecular complexity index is 1970. The molecule has 2 fully saturated rings. The molecule has 52 heavy (non-hydrogen) atoms. The van der Waals surface area contributed by atoms with E-state index in [1.54, 1.807) is 13.8 Å². The number of aliphatic carboxylic acids is 1. The van der Waals surface area contributed by atoms with Crippen LogP contribution in [0.4, 0.5) is 26.3 Å². The minimum Gasteiger partial charge on any atom is -0.481 e. The van der Waals surface area contributed by atoms with E-state index in [4.69, 9.17) is 6.42 Å². The second kappa shape index (κ2) is 14.8. The van der Waals surface area contributed by atoms with Gasteiger partial charge in [0.25, 0.3) is 5.56 Å². The maximum Gasteiger partial charge on any atom is 0.416 e. The largest absolute Gasteiger partial charge is 0.481 e. The SMILES string of the molecule is C#Cc1cc(F)c([C@H](CC(=O)O)NC(=O)[C@H](CC(C)C)n2cc(CCN3CCC4(CC4)C3)c(C(F)(F)F)cc2=O)c(F)c1-c1c(C)cc(F)cc1C. The standard InChI is InChI=1S/C39H41F6N3O4/c1-6-24-16-28(41)35(36(42)34(24)33-22(4)14-26(40)15-23(33)5)29(18-32(50)51)46-37(52)30(13-21(2)3)48-19-25(27(17-31(48)49)39(43,44)45)7-11-47-12-10-38(20-47)8-9-38/h1,14-17,19,21,29-30H,7-13,18,20H2,2-5H3,(H,46,52)(H,50,51)/t29-,30-/m0/s1. The molecule has 0 bridgehead atoms. The second-order valence-corrected chi connectivity index (χ2v) is 14.6. The van der Waals surface area contributed by atoms with Gasteiger partial charge in [-0.3, -0.25) is 14.4 Å². The van der Waals surface area contributed by atoms with E-state index in [9.17, 15) is 37.1 Å². The number of aromatic nitrogens is 1. The molecule has 0 radical (unpaired) electrons. The Labute approximate surface area is 298 Å². The van der Waals surface area contributed by atoms with E-state index in [0.29, 0.717) is 12.6 Å². The van der Waals surface area contributed by atoms with Crippen molar-refractivity contribution in [2.75, 3.05) is 19.6 Å². The number of aryl methyl sites for hydroxylation is 2. The molecule has 1 aliphatic carbocycles. The van der Waals surface area contributed by atoms with Gasteiger partial charge in [-0.25, -0.2) is 13.2 Å². The summed E-state index contributed by atoms with van der Waals surface area (Å²) in [4.78, 5) is 41.5. The summed E-state index contributed by atoms with van der Waals surface area (Å²) in [6.07, 6.45) is 3.80. The molecular formula is C39H41F6N3O4. The average Bonchev–Trinajstić information content (AvgIpc) is 3.67. The van der Waals surface area contributed by atoms with Crippen molar-refractivity contribution in [1.82, 2.24) is 14.8 Å². The van der Waals surface area contributed by atoms with Gasteiger partial charge in [0.05, 0.1) is 18.0 Å². The number of hydrogen-bond acceptors (Lipinski definition) is 4. The fourth-order valence-corrected chi connectivity index (χ4v) is 7.46. The fourth-order valence-electron chi connectivity index (χ4n) is 7.46. The lowest BCUT2D eigenvalue weighted by atomic mass is 9.88. The van der Waals surface area contributed by atoms with Gasteiger partial charge in [-0.1, -0.05) is 19.8 Å². The summed E-state index contributed by atoms with van der Waals surface area (Å²) in [6.45, 7) is 8.26. The van der Waals surface area contributed by atoms with E-state index in [2.05, 4.69) is 16.1 Å². The van der Waals surface area contributed by atoms with Gasteiger partial charge in [0.2, 0.25) is 5.91 Å². The lowest BCUT2D eigenvalue weighted by Crippen LogP contribution is -2.41. The molecule has 3 aromatic rings. The summed E-state index contributed by atoms with van der Waals surface area (Å²) < 4.78 is 90.0. The smallest absolute Gasteiger partial charge is 0.416 e. The first-order valence-electron chi connectivity index (χ1n) is 17.2. The third kappa shape index (κ3) is 8.22. The number of pyridine rings is 1. The van der Waals surface area contributed by atoms with E-state index in [0.717, 1.165) is 61.3 Å². The van der Waals surface area contributed by atoms with Crippen LogP contribution in [0.3, 0.4) is 0 Å². The monoisotopic (exact) mass is 729 g/mol. The molecule has 2 aliphatic rings. The first-order valence-corrected chi connectivity index (χ1v) is 17.2. The highest BCUT2D eigenvalue weighted by Crippen LogP contribution is 2.52. The number of halogens is 6. The minimum absolute atomic E-state index is 0.0498. The summed E-state index contributed by atoms with van der Waals surface area (Å²) in [5, 5.41) is 12.2. The van der Waals surface area contributed by atoms with Crippen LogP contribution in [0.2, 0.25) is 0 Å². The molecule has 13 heteroatoms. The molecule has 2 aromatic carbocycles. The summed E-state index contributed by atoms with van der Waals surface area (Å²) in [5.41, 5.74) is -2.88. The number of carbonyl (C=O) groups is 2. The van der Waals surface area contributed by atoms with E-state index in [1.165, 1.54) is 13.8 Å². The van der Waals surface area contributed by atoms with Crippen molar-refractivity contribution in [3.05, 3.63) is 91.6 Å². The number of alkyl halides is 3. The zero-order valence-electron chi connectivity index (χ0n) is 29.4. The topological polar surface area (TPSA) is 91.6 Å². The molecule has 1 aliphatic heterocycles. The van der Waals surface area contributed by atoms with Crippen LogP contribution in [0.15, 0.2) is 35.3 Å². The Kier molecular flexibility index (Phi) is 11.0. The maximum atomic E-state index is 16.6. The molecule has 1 amide bonds. The van der Waals surface area contributed by atoms with Crippen LogP contribution in [-0.2, 0) is 22.2 Å². The Morgan fingerprint density at radius 1 is 1.04 bits per heavy atom. The fraction of sp³-hybridized carbons (Fsp3) is 0.462. The lowest BCUT2D eigenvalue weighted by molar-refractivity contribution is -0.139. The number of likely N-dealkylation sites (tertiary alicyclic amines) is 1. The molecular weight excluding hydrogens is 688 g/mol. The van der Waals surface area contributed by atoms with Crippen LogP contribution in [-0.4, -0.2) is 46.1 Å². The summed E-state index contributed by atoms with van der Waals surface area (Å²) >= 11 is 0. The number of carboxylic acid groups (broad SMARTS) is 1. The molecule has 1 spiro atoms. The van der Waals surface area contributed by atoms with Crippen molar-refractivity contribution in [3.63, 3.8) is 0 Å². The Morgan fingerprint density at radius 3 is 2.23 bits per heavy atom. The predicted octanol–water partition coefficient (Wildman–Crippen LogP) is 7.50. The molecule has 7 nitrogen and oxygen atoms in total. The Balaban J connectivity index is 1.56. The molecule has 1 saturated carbocycles. The summed E-state index contributed by atoms with van der Waals surface area (Å²) in [6, 6.07) is 0.213. The van der Waals surface area contributed by atoms with E-state index in [-0.39, 0.29) is 57.6 Å². The number of rotatable bonds is 12. The van der Waals surface area contributed by atoms with Crippen LogP contribution in [0, 0.1) is 55.0 Å². The molecule has 1 saturated heterocycles. The number of nitrogens with zero attached hydrogens (tertiary/aromatic N) is 2. The highest BCUT2D eigenvalue weighted by Gasteiger charge is 2.47. The van der Waals surface area contributed by atoms with E-state index >= 15 is 8.78 Å². The van der Waals surface area contributed by atoms with Crippen LogP contribution < -0.4 is 10.9 Å². The lowest BCUT2D eigenvalue weighted by Gasteiger charge is -2.27. The number of nitrogens with one attached hydrogen (secondary N) is 1. The van der Waals surface area contributed by atoms with Crippen molar-refractivity contribution in [2.24, 2.45) is 11.3 Å². The summed E-state index contributed by atoms with van der Waals surface area (Å²) in [5.74, 6) is -3.80. The van der Waals surface area contributed by atoms with Gasteiger partial charge in [-0.05, 0) is 104 Å². The number of benzene rings is 2. The number of amides is 1. The zero-order valence-corrected chi connectivity index (χ0v) is 29.4. The normalized spacial score (nSPS) is 16.6. The molecule has 2 atom stereocenters. The van der Waals surface area contributed by atoms with Gasteiger partial charge >= 0.3 is 12.1 Å². The number of hydrogen-bond donors (Lipinski definition) is 2. The van der Waals surface area contributed by atoms with Gasteiger partial charge in [0.15, 0.2) is 0 Å². The number of carbonyl (C=O) groups excluding carboxylic acids is 1. The molecule has 0 unspecified atom stereocenters. The summed E-state index contributed by atoms with van der Waals surface area (Å²) in [7, 11) is 0. The second-order valence-electron chi connectivity index (χ2n) is 14.6. The molecule has 2 heterocycles. The molecule has 5 rings (SSSR count). The van der Waals surface area contributed by atoms with Gasteiger partial charge in [0.1, 0.15) is 23.5 Å². The molecule has 2 N–H and O–H groups in total. The van der Waals surface area contributed by atoms with Crippen molar-refractivity contribution < 1.29 is 41.0 Å². The average molecular weight is 730 g/mol. The van der Waals surface area contributed by atoms with Crippen LogP contribution in [0.1, 0.15) is 91.4 Å². The molecule has 278 valence electrons. The maximum absolute atomic E-state index is 16.6. The Morgan fingerprint density at radius 2 is 1.69 bits per heavy atom. The van der Waals surface area contributed by atoms with Crippen LogP contribution in [0.25, 0.3) is 11.1 Å². The first kappa shape index (κ1) is 38.7. The van der Waals surface area contributed by atoms with Crippen molar-refractivity contribution in [1.29, 1.82) is 0 Å².